The van der Waals surface area contributed by atoms with Crippen LogP contribution in [0, 0.1) is 0 Å². The summed E-state index contributed by atoms with van der Waals surface area (Å²) in [5.41, 5.74) is 2.32. The smallest absolute Gasteiger partial charge is 0.252 e. The number of benzene rings is 2. The minimum absolute atomic E-state index is 0.0791. The van der Waals surface area contributed by atoms with Gasteiger partial charge in [-0.1, -0.05) is 68.3 Å². The van der Waals surface area contributed by atoms with Crippen LogP contribution in [0.3, 0.4) is 0 Å². The summed E-state index contributed by atoms with van der Waals surface area (Å²) in [6.07, 6.45) is 2.05. The minimum Gasteiger partial charge on any atom is -0.388 e. The van der Waals surface area contributed by atoms with Crippen molar-refractivity contribution in [2.45, 2.75) is 45.3 Å². The van der Waals surface area contributed by atoms with E-state index in [2.05, 4.69) is 12.2 Å². The first-order valence-electron chi connectivity index (χ1n) is 8.26. The molecule has 3 nitrogen and oxygen atoms in total. The monoisotopic (exact) mass is 311 g/mol. The van der Waals surface area contributed by atoms with E-state index in [-0.39, 0.29) is 11.9 Å². The van der Waals surface area contributed by atoms with Crippen LogP contribution in [0.1, 0.15) is 66.7 Å². The molecule has 0 unspecified atom stereocenters. The Kier molecular flexibility index (Phi) is 6.36. The van der Waals surface area contributed by atoms with Gasteiger partial charge in [0.05, 0.1) is 12.1 Å². The Morgan fingerprint density at radius 2 is 1.74 bits per heavy atom. The molecule has 23 heavy (non-hydrogen) atoms. The fourth-order valence-corrected chi connectivity index (χ4v) is 2.65. The molecule has 2 atom stereocenters. The van der Waals surface area contributed by atoms with E-state index < -0.39 is 6.10 Å². The molecule has 0 heterocycles. The van der Waals surface area contributed by atoms with Crippen LogP contribution in [0.15, 0.2) is 54.6 Å². The van der Waals surface area contributed by atoms with Crippen LogP contribution in [0.4, 0.5) is 0 Å². The number of hydrogen-bond donors (Lipinski definition) is 2. The summed E-state index contributed by atoms with van der Waals surface area (Å²) in [5.74, 6) is -0.146. The molecule has 0 fully saturated rings. The maximum atomic E-state index is 12.6. The van der Waals surface area contributed by atoms with Crippen molar-refractivity contribution in [2.75, 3.05) is 0 Å². The van der Waals surface area contributed by atoms with E-state index in [0.29, 0.717) is 17.5 Å². The van der Waals surface area contributed by atoms with Gasteiger partial charge < -0.3 is 10.4 Å². The molecule has 0 spiro atoms. The molecule has 3 heteroatoms. The van der Waals surface area contributed by atoms with Crippen LogP contribution in [-0.4, -0.2) is 11.0 Å². The Balaban J connectivity index is 2.13. The van der Waals surface area contributed by atoms with Crippen molar-refractivity contribution in [3.8, 4) is 0 Å². The summed E-state index contributed by atoms with van der Waals surface area (Å²) < 4.78 is 0. The molecule has 0 saturated heterocycles. The average molecular weight is 311 g/mol. The lowest BCUT2D eigenvalue weighted by Crippen LogP contribution is -2.28. The predicted molar refractivity (Wildman–Crippen MR) is 93.3 cm³/mol. The Hall–Kier alpha value is -2.13. The predicted octanol–water partition coefficient (Wildman–Crippen LogP) is 4.40. The molecule has 0 saturated carbocycles. The lowest BCUT2D eigenvalue weighted by atomic mass is 9.97. The quantitative estimate of drug-likeness (QED) is 0.796. The van der Waals surface area contributed by atoms with Gasteiger partial charge in [0.1, 0.15) is 0 Å². The van der Waals surface area contributed by atoms with Crippen LogP contribution < -0.4 is 5.32 Å². The van der Waals surface area contributed by atoms with E-state index >= 15 is 0 Å². The maximum absolute atomic E-state index is 12.6. The molecule has 2 rings (SSSR count). The zero-order valence-corrected chi connectivity index (χ0v) is 13.8. The Morgan fingerprint density at radius 3 is 2.43 bits per heavy atom. The van der Waals surface area contributed by atoms with Crippen molar-refractivity contribution in [1.82, 2.24) is 5.32 Å². The number of aliphatic hydroxyl groups is 1. The highest BCUT2D eigenvalue weighted by Crippen LogP contribution is 2.23. The van der Waals surface area contributed by atoms with E-state index in [1.54, 1.807) is 6.07 Å². The standard InChI is InChI=1S/C20H25NO2/c1-3-4-14-19(22)17-12-8-9-13-18(17)20(23)21-15(2)16-10-6-5-7-11-16/h5-13,15,19,22H,3-4,14H2,1-2H3,(H,21,23)/t15-,19-/m0/s1. The van der Waals surface area contributed by atoms with Crippen LogP contribution in [0.25, 0.3) is 0 Å². The lowest BCUT2D eigenvalue weighted by molar-refractivity contribution is 0.0930. The summed E-state index contributed by atoms with van der Waals surface area (Å²) >= 11 is 0. The summed E-state index contributed by atoms with van der Waals surface area (Å²) in [5, 5.41) is 13.4. The highest BCUT2D eigenvalue weighted by Gasteiger charge is 2.18. The zero-order chi connectivity index (χ0) is 16.7. The van der Waals surface area contributed by atoms with Gasteiger partial charge in [-0.2, -0.15) is 0 Å². The Bertz CT molecular complexity index is 625. The molecule has 0 aliphatic heterocycles. The normalized spacial score (nSPS) is 13.3. The lowest BCUT2D eigenvalue weighted by Gasteiger charge is -2.18. The van der Waals surface area contributed by atoms with Crippen molar-refractivity contribution >= 4 is 5.91 Å². The van der Waals surface area contributed by atoms with Crippen molar-refractivity contribution in [2.24, 2.45) is 0 Å². The summed E-state index contributed by atoms with van der Waals surface area (Å²) in [6.45, 7) is 4.05. The van der Waals surface area contributed by atoms with Crippen LogP contribution in [-0.2, 0) is 0 Å². The second kappa shape index (κ2) is 8.49. The summed E-state index contributed by atoms with van der Waals surface area (Å²) in [7, 11) is 0. The van der Waals surface area contributed by atoms with Crippen LogP contribution in [0.5, 0.6) is 0 Å². The maximum Gasteiger partial charge on any atom is 0.252 e. The highest BCUT2D eigenvalue weighted by molar-refractivity contribution is 5.96. The van der Waals surface area contributed by atoms with E-state index in [9.17, 15) is 9.90 Å². The van der Waals surface area contributed by atoms with Gasteiger partial charge in [-0.3, -0.25) is 4.79 Å². The molecular weight excluding hydrogens is 286 g/mol. The van der Waals surface area contributed by atoms with Gasteiger partial charge in [0.25, 0.3) is 5.91 Å². The molecule has 0 aliphatic rings. The largest absolute Gasteiger partial charge is 0.388 e. The number of hydrogen-bond acceptors (Lipinski definition) is 2. The Labute approximate surface area is 138 Å². The van der Waals surface area contributed by atoms with Gasteiger partial charge >= 0.3 is 0 Å². The minimum atomic E-state index is -0.594. The summed E-state index contributed by atoms with van der Waals surface area (Å²) in [4.78, 5) is 12.6. The van der Waals surface area contributed by atoms with Crippen LogP contribution >= 0.6 is 0 Å². The zero-order valence-electron chi connectivity index (χ0n) is 13.8. The first-order chi connectivity index (χ1) is 11.1. The highest BCUT2D eigenvalue weighted by atomic mass is 16.3. The van der Waals surface area contributed by atoms with Gasteiger partial charge in [-0.25, -0.2) is 0 Å². The average Bonchev–Trinajstić information content (AvgIpc) is 2.60. The molecule has 122 valence electrons. The second-order valence-electron chi connectivity index (χ2n) is 5.85. The number of amides is 1. The molecule has 1 amide bonds. The molecule has 2 aromatic carbocycles. The van der Waals surface area contributed by atoms with Crippen molar-refractivity contribution in [1.29, 1.82) is 0 Å². The topological polar surface area (TPSA) is 49.3 Å². The fraction of sp³-hybridized carbons (Fsp3) is 0.350. The SMILES string of the molecule is CCCC[C@H](O)c1ccccc1C(=O)N[C@@H](C)c1ccccc1. The van der Waals surface area contributed by atoms with E-state index in [0.717, 1.165) is 18.4 Å². The molecule has 0 bridgehead atoms. The van der Waals surface area contributed by atoms with Crippen molar-refractivity contribution in [3.05, 3.63) is 71.3 Å². The summed E-state index contributed by atoms with van der Waals surface area (Å²) in [6, 6.07) is 17.1. The molecular formula is C20H25NO2. The molecule has 2 aromatic rings. The number of carbonyl (C=O) groups excluding carboxylic acids is 1. The molecule has 0 aliphatic carbocycles. The Morgan fingerprint density at radius 1 is 1.09 bits per heavy atom. The van der Waals surface area contributed by atoms with E-state index in [1.807, 2.05) is 55.5 Å². The molecule has 0 aromatic heterocycles. The third-order valence-electron chi connectivity index (χ3n) is 4.04. The fourth-order valence-electron chi connectivity index (χ4n) is 2.65. The number of unbranched alkanes of at least 4 members (excludes halogenated alkanes) is 1. The van der Waals surface area contributed by atoms with Gasteiger partial charge in [0, 0.05) is 5.56 Å². The van der Waals surface area contributed by atoms with E-state index in [1.165, 1.54) is 0 Å². The van der Waals surface area contributed by atoms with Gasteiger partial charge in [0.2, 0.25) is 0 Å². The second-order valence-corrected chi connectivity index (χ2v) is 5.85. The third kappa shape index (κ3) is 4.67. The van der Waals surface area contributed by atoms with Gasteiger partial charge in [-0.05, 0) is 30.5 Å². The number of nitrogens with one attached hydrogen (secondary N) is 1. The number of rotatable bonds is 7. The molecule has 0 radical (unpaired) electrons. The first kappa shape index (κ1) is 17.2. The number of carbonyl (C=O) groups is 1. The number of aliphatic hydroxyl groups excluding tert-OH is 1. The van der Waals surface area contributed by atoms with Crippen molar-refractivity contribution < 1.29 is 9.90 Å². The first-order valence-corrected chi connectivity index (χ1v) is 8.26. The van der Waals surface area contributed by atoms with Gasteiger partial charge in [0.15, 0.2) is 0 Å². The van der Waals surface area contributed by atoms with Gasteiger partial charge in [-0.15, -0.1) is 0 Å². The van der Waals surface area contributed by atoms with E-state index in [4.69, 9.17) is 0 Å². The molecule has 2 N–H and O–H groups in total. The van der Waals surface area contributed by atoms with Crippen LogP contribution in [0.2, 0.25) is 0 Å². The third-order valence-corrected chi connectivity index (χ3v) is 4.04. The van der Waals surface area contributed by atoms with Crippen molar-refractivity contribution in [3.63, 3.8) is 0 Å².